The van der Waals surface area contributed by atoms with E-state index < -0.39 is 12.1 Å². The smallest absolute Gasteiger partial charge is 0.368 e. The lowest BCUT2D eigenvalue weighted by molar-refractivity contribution is -0.159. The fourth-order valence-corrected chi connectivity index (χ4v) is 3.29. The molecule has 0 N–H and O–H groups in total. The van der Waals surface area contributed by atoms with Crippen LogP contribution < -0.4 is 4.90 Å². The van der Waals surface area contributed by atoms with Gasteiger partial charge in [-0.05, 0) is 25.0 Å². The highest BCUT2D eigenvalue weighted by molar-refractivity contribution is 5.81. The normalized spacial score (nSPS) is 20.6. The van der Waals surface area contributed by atoms with Gasteiger partial charge in [-0.3, -0.25) is 4.79 Å². The highest BCUT2D eigenvalue weighted by Gasteiger charge is 2.38. The molecule has 2 saturated heterocycles. The largest absolute Gasteiger partial charge is 0.471 e. The molecule has 0 spiro atoms. The molecule has 11 heteroatoms. The van der Waals surface area contributed by atoms with Crippen LogP contribution in [-0.4, -0.2) is 64.8 Å². The summed E-state index contributed by atoms with van der Waals surface area (Å²) in [4.78, 5) is 23.8. The molecule has 1 amide bonds. The third-order valence-corrected chi connectivity index (χ3v) is 4.80. The van der Waals surface area contributed by atoms with Crippen LogP contribution in [0.5, 0.6) is 0 Å². The van der Waals surface area contributed by atoms with Gasteiger partial charge in [0.15, 0.2) is 0 Å². The minimum absolute atomic E-state index is 0.0398. The standard InChI is InChI=1S/C17H18F3N5O3/c18-17(19,20)16-22-14(23-28-16)11-3-4-13(21-10-11)24-5-7-25(8-6-24)15(26)12-2-1-9-27-12/h3-4,10,12H,1-2,5-9H2. The summed E-state index contributed by atoms with van der Waals surface area (Å²) in [6, 6.07) is 3.29. The van der Waals surface area contributed by atoms with Crippen LogP contribution in [-0.2, 0) is 15.7 Å². The van der Waals surface area contributed by atoms with Crippen molar-refractivity contribution in [2.45, 2.75) is 25.1 Å². The van der Waals surface area contributed by atoms with Crippen LogP contribution in [0.3, 0.4) is 0 Å². The molecule has 1 unspecified atom stereocenters. The van der Waals surface area contributed by atoms with Gasteiger partial charge >= 0.3 is 12.1 Å². The van der Waals surface area contributed by atoms with Crippen molar-refractivity contribution < 1.29 is 27.2 Å². The average molecular weight is 397 g/mol. The maximum atomic E-state index is 12.6. The molecular weight excluding hydrogens is 379 g/mol. The van der Waals surface area contributed by atoms with E-state index in [-0.39, 0.29) is 17.8 Å². The molecule has 2 aliphatic heterocycles. The fraction of sp³-hybridized carbons (Fsp3) is 0.529. The number of aromatic nitrogens is 3. The van der Waals surface area contributed by atoms with Crippen LogP contribution in [0, 0.1) is 0 Å². The third kappa shape index (κ3) is 3.79. The van der Waals surface area contributed by atoms with Gasteiger partial charge in [-0.25, -0.2) is 4.98 Å². The van der Waals surface area contributed by atoms with Crippen LogP contribution in [0.4, 0.5) is 19.0 Å². The van der Waals surface area contributed by atoms with Gasteiger partial charge < -0.3 is 19.1 Å². The van der Waals surface area contributed by atoms with Crippen molar-refractivity contribution in [1.29, 1.82) is 0 Å². The van der Waals surface area contributed by atoms with Crippen molar-refractivity contribution in [2.75, 3.05) is 37.7 Å². The maximum absolute atomic E-state index is 12.6. The first-order chi connectivity index (χ1) is 13.4. The van der Waals surface area contributed by atoms with Crippen molar-refractivity contribution in [1.82, 2.24) is 20.0 Å². The fourth-order valence-electron chi connectivity index (χ4n) is 3.29. The van der Waals surface area contributed by atoms with Gasteiger partial charge in [-0.1, -0.05) is 5.16 Å². The van der Waals surface area contributed by atoms with E-state index >= 15 is 0 Å². The van der Waals surface area contributed by atoms with Gasteiger partial charge in [0.2, 0.25) is 5.82 Å². The summed E-state index contributed by atoms with van der Waals surface area (Å²) in [7, 11) is 0. The lowest BCUT2D eigenvalue weighted by Gasteiger charge is -2.36. The number of pyridine rings is 1. The summed E-state index contributed by atoms with van der Waals surface area (Å²) in [6.07, 6.45) is -1.91. The zero-order valence-electron chi connectivity index (χ0n) is 14.9. The van der Waals surface area contributed by atoms with Crippen molar-refractivity contribution in [3.05, 3.63) is 24.2 Å². The van der Waals surface area contributed by atoms with Crippen LogP contribution in [0.25, 0.3) is 11.4 Å². The molecule has 150 valence electrons. The molecule has 0 aromatic carbocycles. The number of hydrogen-bond acceptors (Lipinski definition) is 7. The topological polar surface area (TPSA) is 84.6 Å². The molecule has 0 bridgehead atoms. The number of rotatable bonds is 3. The van der Waals surface area contributed by atoms with Crippen LogP contribution in [0.15, 0.2) is 22.9 Å². The predicted molar refractivity (Wildman–Crippen MR) is 90.3 cm³/mol. The molecule has 2 aromatic heterocycles. The summed E-state index contributed by atoms with van der Waals surface area (Å²) in [6.45, 7) is 3.01. The molecule has 2 aromatic rings. The Morgan fingerprint density at radius 2 is 1.96 bits per heavy atom. The average Bonchev–Trinajstić information content (AvgIpc) is 3.39. The molecule has 28 heavy (non-hydrogen) atoms. The predicted octanol–water partition coefficient (Wildman–Crippen LogP) is 1.98. The monoisotopic (exact) mass is 397 g/mol. The molecule has 1 atom stereocenters. The van der Waals surface area contributed by atoms with Gasteiger partial charge in [-0.15, -0.1) is 0 Å². The summed E-state index contributed by atoms with van der Waals surface area (Å²) >= 11 is 0. The number of anilines is 1. The summed E-state index contributed by atoms with van der Waals surface area (Å²) in [5.74, 6) is -0.845. The van der Waals surface area contributed by atoms with E-state index in [4.69, 9.17) is 4.74 Å². The lowest BCUT2D eigenvalue weighted by atomic mass is 10.2. The molecule has 8 nitrogen and oxygen atoms in total. The third-order valence-electron chi connectivity index (χ3n) is 4.80. The Morgan fingerprint density at radius 3 is 2.54 bits per heavy atom. The summed E-state index contributed by atoms with van der Waals surface area (Å²) in [5.41, 5.74) is 0.329. The maximum Gasteiger partial charge on any atom is 0.471 e. The second-order valence-electron chi connectivity index (χ2n) is 6.64. The van der Waals surface area contributed by atoms with Crippen LogP contribution in [0.1, 0.15) is 18.7 Å². The number of alkyl halides is 3. The molecule has 4 heterocycles. The summed E-state index contributed by atoms with van der Waals surface area (Å²) < 4.78 is 47.4. The Balaban J connectivity index is 1.37. The number of nitrogens with zero attached hydrogens (tertiary/aromatic N) is 5. The van der Waals surface area contributed by atoms with Crippen LogP contribution >= 0.6 is 0 Å². The van der Waals surface area contributed by atoms with E-state index in [1.54, 1.807) is 17.0 Å². The van der Waals surface area contributed by atoms with Gasteiger partial charge in [0.1, 0.15) is 11.9 Å². The Kier molecular flexibility index (Phi) is 4.92. The van der Waals surface area contributed by atoms with E-state index in [2.05, 4.69) is 19.6 Å². The van der Waals surface area contributed by atoms with Gasteiger partial charge in [0.05, 0.1) is 0 Å². The molecule has 0 saturated carbocycles. The molecule has 0 aliphatic carbocycles. The first-order valence-corrected chi connectivity index (χ1v) is 8.94. The number of amides is 1. The highest BCUT2D eigenvalue weighted by Crippen LogP contribution is 2.29. The number of ether oxygens (including phenoxy) is 1. The van der Waals surface area contributed by atoms with Crippen molar-refractivity contribution in [2.24, 2.45) is 0 Å². The second-order valence-corrected chi connectivity index (χ2v) is 6.64. The number of carbonyl (C=O) groups excluding carboxylic acids is 1. The first-order valence-electron chi connectivity index (χ1n) is 8.94. The van der Waals surface area contributed by atoms with E-state index in [9.17, 15) is 18.0 Å². The SMILES string of the molecule is O=C(C1CCCO1)N1CCN(c2ccc(-c3noc(C(F)(F)F)n3)cn2)CC1. The summed E-state index contributed by atoms with van der Waals surface area (Å²) in [5, 5.41) is 3.35. The number of hydrogen-bond donors (Lipinski definition) is 0. The van der Waals surface area contributed by atoms with Crippen molar-refractivity contribution in [3.8, 4) is 11.4 Å². The van der Waals surface area contributed by atoms with E-state index in [1.165, 1.54) is 6.20 Å². The van der Waals surface area contributed by atoms with E-state index in [1.807, 2.05) is 4.90 Å². The molecular formula is C17H18F3N5O3. The Labute approximate surface area is 158 Å². The molecule has 0 radical (unpaired) electrons. The van der Waals surface area contributed by atoms with Crippen molar-refractivity contribution in [3.63, 3.8) is 0 Å². The first kappa shape index (κ1) is 18.7. The quantitative estimate of drug-likeness (QED) is 0.783. The number of halogens is 3. The number of carbonyl (C=O) groups is 1. The Morgan fingerprint density at radius 1 is 1.18 bits per heavy atom. The minimum Gasteiger partial charge on any atom is -0.368 e. The lowest BCUT2D eigenvalue weighted by Crippen LogP contribution is -2.51. The molecule has 4 rings (SSSR count). The zero-order chi connectivity index (χ0) is 19.7. The molecule has 2 fully saturated rings. The highest BCUT2D eigenvalue weighted by atomic mass is 19.4. The second kappa shape index (κ2) is 7.38. The van der Waals surface area contributed by atoms with Gasteiger partial charge in [0, 0.05) is 44.5 Å². The van der Waals surface area contributed by atoms with Gasteiger partial charge in [0.25, 0.3) is 5.91 Å². The molecule has 2 aliphatic rings. The van der Waals surface area contributed by atoms with E-state index in [0.29, 0.717) is 44.2 Å². The van der Waals surface area contributed by atoms with Gasteiger partial charge in [-0.2, -0.15) is 18.2 Å². The minimum atomic E-state index is -4.68. The zero-order valence-corrected chi connectivity index (χ0v) is 14.9. The Hall–Kier alpha value is -2.69. The number of piperazine rings is 1. The Bertz CT molecular complexity index is 825. The van der Waals surface area contributed by atoms with Crippen molar-refractivity contribution >= 4 is 11.7 Å². The van der Waals surface area contributed by atoms with E-state index in [0.717, 1.165) is 12.8 Å². The van der Waals surface area contributed by atoms with Crippen LogP contribution in [0.2, 0.25) is 0 Å².